The molecule has 12 nitrogen and oxygen atoms in total. The molecule has 0 saturated carbocycles. The van der Waals surface area contributed by atoms with Crippen LogP contribution in [0, 0.1) is 10.8 Å². The third-order valence-corrected chi connectivity index (χ3v) is 8.38. The highest BCUT2D eigenvalue weighted by Crippen LogP contribution is 2.38. The second-order valence-corrected chi connectivity index (χ2v) is 11.9. The molecule has 200 valence electrons. The summed E-state index contributed by atoms with van der Waals surface area (Å²) in [6, 6.07) is 0. The minimum absolute atomic E-state index is 0.176. The largest absolute Gasteiger partial charge is 0.392 e. The summed E-state index contributed by atoms with van der Waals surface area (Å²) in [6.07, 6.45) is -6.31. The van der Waals surface area contributed by atoms with Crippen LogP contribution < -0.4 is 11.5 Å². The predicted octanol–water partition coefficient (Wildman–Crippen LogP) is -2.61. The fourth-order valence-electron chi connectivity index (χ4n) is 3.69. The number of carbonyl (C=O) groups is 4. The Morgan fingerprint density at radius 3 is 1.23 bits per heavy atom. The highest BCUT2D eigenvalue weighted by atomic mass is 32.2. The van der Waals surface area contributed by atoms with Crippen LogP contribution in [0.25, 0.3) is 0 Å². The molecule has 13 heteroatoms. The first-order valence-corrected chi connectivity index (χ1v) is 12.5. The number of nitrogens with zero attached hydrogens (tertiary/aromatic N) is 2. The van der Waals surface area contributed by atoms with Gasteiger partial charge < -0.3 is 41.7 Å². The van der Waals surface area contributed by atoms with Crippen molar-refractivity contribution in [2.75, 3.05) is 26.2 Å². The molecule has 6 unspecified atom stereocenters. The van der Waals surface area contributed by atoms with Gasteiger partial charge in [0, 0.05) is 37.0 Å². The average molecular weight is 519 g/mol. The quantitative estimate of drug-likeness (QED) is 0.133. The van der Waals surface area contributed by atoms with Crippen LogP contribution in [-0.2, 0) is 19.2 Å². The maximum Gasteiger partial charge on any atom is 0.246 e. The van der Waals surface area contributed by atoms with Crippen molar-refractivity contribution < 1.29 is 39.6 Å². The number of aliphatic hydroxyl groups is 4. The number of rotatable bonds is 14. The molecule has 2 aliphatic rings. The van der Waals surface area contributed by atoms with Gasteiger partial charge in [-0.15, -0.1) is 11.8 Å². The fourth-order valence-corrected chi connectivity index (χ4v) is 5.20. The molecule has 8 N–H and O–H groups in total. The van der Waals surface area contributed by atoms with Crippen LogP contribution in [-0.4, -0.2) is 115 Å². The summed E-state index contributed by atoms with van der Waals surface area (Å²) < 4.78 is 0. The van der Waals surface area contributed by atoms with E-state index < -0.39 is 57.6 Å². The molecule has 0 aromatic heterocycles. The maximum atomic E-state index is 13.0. The zero-order valence-corrected chi connectivity index (χ0v) is 21.4. The Labute approximate surface area is 209 Å². The lowest BCUT2D eigenvalue weighted by atomic mass is 9.78. The van der Waals surface area contributed by atoms with E-state index in [1.54, 1.807) is 0 Å². The third-order valence-electron chi connectivity index (χ3n) is 6.94. The van der Waals surface area contributed by atoms with Crippen LogP contribution in [0.3, 0.4) is 0 Å². The molecule has 6 atom stereocenters. The van der Waals surface area contributed by atoms with Crippen molar-refractivity contribution >= 4 is 35.4 Å². The second-order valence-electron chi connectivity index (χ2n) is 10.5. The van der Waals surface area contributed by atoms with E-state index in [9.17, 15) is 39.6 Å². The monoisotopic (exact) mass is 518 g/mol. The van der Waals surface area contributed by atoms with Crippen molar-refractivity contribution in [1.82, 2.24) is 9.80 Å². The summed E-state index contributed by atoms with van der Waals surface area (Å²) in [7, 11) is 0. The van der Waals surface area contributed by atoms with Crippen LogP contribution in [0.5, 0.6) is 0 Å². The Bertz CT molecular complexity index is 764. The molecule has 0 spiro atoms. The van der Waals surface area contributed by atoms with Gasteiger partial charge in [0.2, 0.25) is 23.6 Å². The molecular weight excluding hydrogens is 480 g/mol. The number of nitrogens with two attached hydrogens (primary N) is 2. The van der Waals surface area contributed by atoms with Crippen LogP contribution in [0.4, 0.5) is 0 Å². The maximum absolute atomic E-state index is 13.0. The number of carbonyl (C=O) groups excluding carboxylic acids is 4. The first kappa shape index (κ1) is 29.3. The lowest BCUT2D eigenvalue weighted by Crippen LogP contribution is -2.50. The average Bonchev–Trinajstić information content (AvgIpc) is 3.67. The fraction of sp³-hybridized carbons (Fsp3) is 0.818. The van der Waals surface area contributed by atoms with Gasteiger partial charge in [-0.05, 0) is 12.8 Å². The van der Waals surface area contributed by atoms with Crippen molar-refractivity contribution in [3.63, 3.8) is 0 Å². The minimum Gasteiger partial charge on any atom is -0.392 e. The molecule has 0 aromatic carbocycles. The Balaban J connectivity index is 2.26. The molecule has 4 amide bonds. The Morgan fingerprint density at radius 2 is 1.00 bits per heavy atom. The number of hydrogen-bond acceptors (Lipinski definition) is 9. The normalized spacial score (nSPS) is 20.9. The van der Waals surface area contributed by atoms with E-state index in [1.165, 1.54) is 37.5 Å². The van der Waals surface area contributed by atoms with Gasteiger partial charge in [-0.3, -0.25) is 19.2 Å². The second kappa shape index (κ2) is 11.0. The number of primary amides is 2. The van der Waals surface area contributed by atoms with Crippen LogP contribution >= 0.6 is 11.8 Å². The summed E-state index contributed by atoms with van der Waals surface area (Å²) >= 11 is 0.974. The zero-order valence-electron chi connectivity index (χ0n) is 20.6. The molecule has 2 heterocycles. The topological polar surface area (TPSA) is 207 Å². The summed E-state index contributed by atoms with van der Waals surface area (Å²) in [6.45, 7) is 7.93. The van der Waals surface area contributed by atoms with Crippen LogP contribution in [0.1, 0.15) is 40.5 Å². The number of hydrogen-bond donors (Lipinski definition) is 6. The van der Waals surface area contributed by atoms with E-state index in [4.69, 9.17) is 11.5 Å². The summed E-state index contributed by atoms with van der Waals surface area (Å²) in [5, 5.41) is 40.2. The molecule has 0 bridgehead atoms. The first-order chi connectivity index (χ1) is 16.0. The van der Waals surface area contributed by atoms with Gasteiger partial charge in [0.15, 0.2) is 0 Å². The highest BCUT2D eigenvalue weighted by Gasteiger charge is 2.46. The molecule has 2 aliphatic heterocycles. The lowest BCUT2D eigenvalue weighted by Gasteiger charge is -2.37. The van der Waals surface area contributed by atoms with Gasteiger partial charge in [0.25, 0.3) is 0 Å². The number of aliphatic hydroxyl groups excluding tert-OH is 4. The molecule has 35 heavy (non-hydrogen) atoms. The summed E-state index contributed by atoms with van der Waals surface area (Å²) in [5.41, 5.74) is 7.67. The molecule has 2 saturated heterocycles. The van der Waals surface area contributed by atoms with E-state index >= 15 is 0 Å². The molecule has 0 aliphatic carbocycles. The van der Waals surface area contributed by atoms with E-state index in [1.807, 2.05) is 0 Å². The SMILES string of the molecule is CC(C)(C(O)CC(SC(CC(O)C(C)(C)C(O)C(N)=O)C(=O)N1CC1)C(=O)N1CC1)C(O)C(N)=O. The Hall–Kier alpha value is -1.93. The van der Waals surface area contributed by atoms with Crippen molar-refractivity contribution in [3.8, 4) is 0 Å². The molecule has 2 rings (SSSR count). The molecule has 2 fully saturated rings. The Morgan fingerprint density at radius 1 is 0.714 bits per heavy atom. The first-order valence-electron chi connectivity index (χ1n) is 11.6. The van der Waals surface area contributed by atoms with Crippen molar-refractivity contribution in [3.05, 3.63) is 0 Å². The number of thioether (sulfide) groups is 1. The van der Waals surface area contributed by atoms with Gasteiger partial charge in [0.05, 0.1) is 22.7 Å². The standard InChI is InChI=1S/C22H38N4O8S/c1-21(2,15(29)17(23)31)13(27)9-11(19(33)25-5-6-25)35-12(20(34)26-7-8-26)10-14(28)22(3,4)16(30)18(24)32/h11-16,27-30H,5-10H2,1-4H3,(H2,23,31)(H2,24,32). The predicted molar refractivity (Wildman–Crippen MR) is 128 cm³/mol. The van der Waals surface area contributed by atoms with Gasteiger partial charge in [-0.25, -0.2) is 0 Å². The smallest absolute Gasteiger partial charge is 0.246 e. The van der Waals surface area contributed by atoms with Gasteiger partial charge in [-0.2, -0.15) is 0 Å². The van der Waals surface area contributed by atoms with Crippen LogP contribution in [0.2, 0.25) is 0 Å². The van der Waals surface area contributed by atoms with Crippen molar-refractivity contribution in [1.29, 1.82) is 0 Å². The van der Waals surface area contributed by atoms with Crippen molar-refractivity contribution in [2.45, 2.75) is 75.5 Å². The zero-order chi connectivity index (χ0) is 26.9. The molecular formula is C22H38N4O8S. The third kappa shape index (κ3) is 7.06. The van der Waals surface area contributed by atoms with Crippen LogP contribution in [0.15, 0.2) is 0 Å². The van der Waals surface area contributed by atoms with Gasteiger partial charge >= 0.3 is 0 Å². The lowest BCUT2D eigenvalue weighted by molar-refractivity contribution is -0.139. The number of amides is 4. The highest BCUT2D eigenvalue weighted by molar-refractivity contribution is 8.01. The summed E-state index contributed by atoms with van der Waals surface area (Å²) in [5.74, 6) is -2.65. The van der Waals surface area contributed by atoms with E-state index in [0.29, 0.717) is 26.2 Å². The van der Waals surface area contributed by atoms with Crippen molar-refractivity contribution in [2.24, 2.45) is 22.3 Å². The van der Waals surface area contributed by atoms with E-state index in [0.717, 1.165) is 11.8 Å². The minimum atomic E-state index is -1.66. The molecule has 0 radical (unpaired) electrons. The Kier molecular flexibility index (Phi) is 9.20. The summed E-state index contributed by atoms with van der Waals surface area (Å²) in [4.78, 5) is 52.2. The molecule has 0 aromatic rings. The van der Waals surface area contributed by atoms with E-state index in [2.05, 4.69) is 0 Å². The van der Waals surface area contributed by atoms with Gasteiger partial charge in [0.1, 0.15) is 12.2 Å². The van der Waals surface area contributed by atoms with Gasteiger partial charge in [-0.1, -0.05) is 27.7 Å². The van der Waals surface area contributed by atoms with E-state index in [-0.39, 0.29) is 24.7 Å².